The summed E-state index contributed by atoms with van der Waals surface area (Å²) in [5.74, 6) is -0.183. The number of likely N-dealkylation sites (tertiary alicyclic amines) is 1. The molecule has 0 N–H and O–H groups in total. The average Bonchev–Trinajstić information content (AvgIpc) is 3.04. The van der Waals surface area contributed by atoms with Crippen LogP contribution < -0.4 is 9.64 Å². The van der Waals surface area contributed by atoms with Gasteiger partial charge in [0.05, 0.1) is 23.5 Å². The highest BCUT2D eigenvalue weighted by molar-refractivity contribution is 5.69. The number of ether oxygens (including phenoxy) is 3. The number of carbonyl (C=O) groups excluding carboxylic acids is 2. The molecule has 3 atom stereocenters. The molecule has 1 aromatic heterocycles. The molecule has 4 rings (SSSR count). The van der Waals surface area contributed by atoms with E-state index in [-0.39, 0.29) is 61.3 Å². The lowest BCUT2D eigenvalue weighted by Crippen LogP contribution is -2.57. The van der Waals surface area contributed by atoms with Crippen molar-refractivity contribution in [3.63, 3.8) is 0 Å². The number of anilines is 1. The first-order valence-electron chi connectivity index (χ1n) is 16.3. The second kappa shape index (κ2) is 16.1. The van der Waals surface area contributed by atoms with Crippen LogP contribution in [0, 0.1) is 0 Å². The van der Waals surface area contributed by atoms with Crippen LogP contribution in [0.3, 0.4) is 0 Å². The normalized spacial score (nSPS) is 20.7. The van der Waals surface area contributed by atoms with Gasteiger partial charge in [-0.3, -0.25) is 4.79 Å². The molecule has 266 valence electrons. The van der Waals surface area contributed by atoms with E-state index in [1.54, 1.807) is 9.80 Å². The Morgan fingerprint density at radius 1 is 0.875 bits per heavy atom. The van der Waals surface area contributed by atoms with E-state index in [1.807, 2.05) is 13.8 Å². The molecule has 1 aromatic carbocycles. The Morgan fingerprint density at radius 3 is 1.94 bits per heavy atom. The Balaban J connectivity index is 1.66. The minimum Gasteiger partial charge on any atom is -0.487 e. The van der Waals surface area contributed by atoms with Gasteiger partial charge in [0, 0.05) is 31.6 Å². The number of aromatic nitrogens is 2. The largest absolute Gasteiger partial charge is 0.487 e. The first-order chi connectivity index (χ1) is 22.7. The van der Waals surface area contributed by atoms with Crippen molar-refractivity contribution in [2.75, 3.05) is 18.1 Å². The van der Waals surface area contributed by atoms with Crippen LogP contribution in [0.1, 0.15) is 95.2 Å². The number of nitrogens with zero attached hydrogens (tertiary/aromatic N) is 4. The molecule has 1 amide bonds. The number of piperidine rings is 1. The van der Waals surface area contributed by atoms with Crippen molar-refractivity contribution in [3.8, 4) is 5.75 Å². The van der Waals surface area contributed by atoms with Crippen molar-refractivity contribution in [2.24, 2.45) is 0 Å². The summed E-state index contributed by atoms with van der Waals surface area (Å²) >= 11 is 0. The molecule has 48 heavy (non-hydrogen) atoms. The van der Waals surface area contributed by atoms with E-state index in [1.165, 1.54) is 19.3 Å². The van der Waals surface area contributed by atoms with Gasteiger partial charge in [-0.2, -0.15) is 26.3 Å². The molecule has 0 radical (unpaired) electrons. The van der Waals surface area contributed by atoms with Gasteiger partial charge < -0.3 is 24.0 Å². The fourth-order valence-corrected chi connectivity index (χ4v) is 6.46. The van der Waals surface area contributed by atoms with Gasteiger partial charge in [-0.25, -0.2) is 14.8 Å². The van der Waals surface area contributed by atoms with Crippen LogP contribution in [0.5, 0.6) is 5.75 Å². The first kappa shape index (κ1) is 37.0. The highest BCUT2D eigenvalue weighted by Gasteiger charge is 2.42. The quantitative estimate of drug-likeness (QED) is 0.133. The SMILES string of the molecule is CC[C@@H]1CC(N(Cc2cc(C(F)(F)F)cc(C(F)(F)F)c2)c2ncc(OCCOC(C)=O)cn2)C[C@H](CC)N1C(=O)OC1CCCCC1. The lowest BCUT2D eigenvalue weighted by Gasteiger charge is -2.47. The summed E-state index contributed by atoms with van der Waals surface area (Å²) in [5.41, 5.74) is -3.05. The molecule has 1 saturated heterocycles. The number of alkyl halides is 6. The Hall–Kier alpha value is -3.78. The smallest absolute Gasteiger partial charge is 0.416 e. The van der Waals surface area contributed by atoms with Crippen molar-refractivity contribution >= 4 is 18.0 Å². The maximum atomic E-state index is 13.8. The van der Waals surface area contributed by atoms with E-state index in [4.69, 9.17) is 14.2 Å². The summed E-state index contributed by atoms with van der Waals surface area (Å²) in [5, 5.41) is 0. The minimum atomic E-state index is -5.01. The third-order valence-electron chi connectivity index (χ3n) is 8.82. The average molecular weight is 689 g/mol. The number of amides is 1. The van der Waals surface area contributed by atoms with E-state index in [2.05, 4.69) is 9.97 Å². The third-order valence-corrected chi connectivity index (χ3v) is 8.82. The van der Waals surface area contributed by atoms with Gasteiger partial charge in [-0.1, -0.05) is 20.3 Å². The van der Waals surface area contributed by atoms with E-state index < -0.39 is 41.6 Å². The summed E-state index contributed by atoms with van der Waals surface area (Å²) in [6.07, 6.45) is -1.36. The van der Waals surface area contributed by atoms with E-state index in [9.17, 15) is 35.9 Å². The molecular weight excluding hydrogens is 646 g/mol. The van der Waals surface area contributed by atoms with E-state index >= 15 is 0 Å². The topological polar surface area (TPSA) is 94.1 Å². The van der Waals surface area contributed by atoms with Gasteiger partial charge in [-0.05, 0) is 75.1 Å². The number of benzene rings is 1. The summed E-state index contributed by atoms with van der Waals surface area (Å²) in [6.45, 7) is 4.74. The van der Waals surface area contributed by atoms with Gasteiger partial charge in [-0.15, -0.1) is 0 Å². The highest BCUT2D eigenvalue weighted by Crippen LogP contribution is 2.38. The fraction of sp³-hybridized carbons (Fsp3) is 0.636. The fourth-order valence-electron chi connectivity index (χ4n) is 6.46. The zero-order valence-electron chi connectivity index (χ0n) is 27.3. The molecule has 1 aliphatic carbocycles. The zero-order valence-corrected chi connectivity index (χ0v) is 27.3. The van der Waals surface area contributed by atoms with Crippen LogP contribution in [0.4, 0.5) is 37.1 Å². The molecule has 2 fully saturated rings. The summed E-state index contributed by atoms with van der Waals surface area (Å²) in [6, 6.07) is 0.466. The lowest BCUT2D eigenvalue weighted by atomic mass is 9.87. The number of halogens is 6. The second-order valence-corrected chi connectivity index (χ2v) is 12.2. The van der Waals surface area contributed by atoms with Crippen molar-refractivity contribution in [1.82, 2.24) is 14.9 Å². The molecule has 2 aromatic rings. The number of rotatable bonds is 11. The van der Waals surface area contributed by atoms with Gasteiger partial charge >= 0.3 is 24.4 Å². The molecule has 0 spiro atoms. The van der Waals surface area contributed by atoms with Gasteiger partial charge in [0.15, 0.2) is 5.75 Å². The van der Waals surface area contributed by atoms with Crippen molar-refractivity contribution in [1.29, 1.82) is 0 Å². The van der Waals surface area contributed by atoms with Crippen LogP contribution in [-0.4, -0.2) is 64.4 Å². The van der Waals surface area contributed by atoms with E-state index in [0.29, 0.717) is 37.8 Å². The van der Waals surface area contributed by atoms with Crippen LogP contribution in [0.2, 0.25) is 0 Å². The molecular formula is C33H42F6N4O5. The first-order valence-corrected chi connectivity index (χ1v) is 16.3. The maximum absolute atomic E-state index is 13.8. The summed E-state index contributed by atoms with van der Waals surface area (Å²) in [4.78, 5) is 36.6. The third kappa shape index (κ3) is 9.88. The van der Waals surface area contributed by atoms with Gasteiger partial charge in [0.1, 0.15) is 19.3 Å². The monoisotopic (exact) mass is 688 g/mol. The van der Waals surface area contributed by atoms with Gasteiger partial charge in [0.2, 0.25) is 5.95 Å². The van der Waals surface area contributed by atoms with Crippen molar-refractivity contribution in [2.45, 2.75) is 122 Å². The Kier molecular flexibility index (Phi) is 12.4. The molecule has 1 saturated carbocycles. The summed E-state index contributed by atoms with van der Waals surface area (Å²) < 4.78 is 98.8. The van der Waals surface area contributed by atoms with Crippen LogP contribution in [0.25, 0.3) is 0 Å². The zero-order chi connectivity index (χ0) is 35.1. The maximum Gasteiger partial charge on any atom is 0.416 e. The number of carbonyl (C=O) groups is 2. The number of esters is 1. The second-order valence-electron chi connectivity index (χ2n) is 12.2. The van der Waals surface area contributed by atoms with Crippen LogP contribution in [0.15, 0.2) is 30.6 Å². The van der Waals surface area contributed by atoms with Gasteiger partial charge in [0.25, 0.3) is 0 Å². The molecule has 2 heterocycles. The molecule has 9 nitrogen and oxygen atoms in total. The van der Waals surface area contributed by atoms with E-state index in [0.717, 1.165) is 32.1 Å². The van der Waals surface area contributed by atoms with Crippen LogP contribution >= 0.6 is 0 Å². The molecule has 2 aliphatic rings. The standard InChI is InChI=1S/C33H42F6N4O5/c1-4-25-16-27(17-26(5-2)43(25)31(45)48-28-9-7-6-8-10-28)42(30-40-18-29(19-41-30)47-12-11-46-21(3)44)20-22-13-23(32(34,35)36)15-24(14-22)33(37,38)39/h13-15,18-19,25-28H,4-12,16-17,20H2,1-3H3/t25-,26+,27?. The predicted molar refractivity (Wildman–Crippen MR) is 163 cm³/mol. The highest BCUT2D eigenvalue weighted by atomic mass is 19.4. The molecule has 0 bridgehead atoms. The molecule has 1 aliphatic heterocycles. The molecule has 15 heteroatoms. The van der Waals surface area contributed by atoms with Crippen molar-refractivity contribution < 1.29 is 50.1 Å². The predicted octanol–water partition coefficient (Wildman–Crippen LogP) is 7.95. The number of hydrogen-bond acceptors (Lipinski definition) is 8. The van der Waals surface area contributed by atoms with Crippen molar-refractivity contribution in [3.05, 3.63) is 47.3 Å². The Bertz CT molecular complexity index is 1320. The lowest BCUT2D eigenvalue weighted by molar-refractivity contribution is -0.143. The number of hydrogen-bond donors (Lipinski definition) is 0. The Labute approximate surface area is 275 Å². The molecule has 1 unspecified atom stereocenters. The minimum absolute atomic E-state index is 0.0150. The van der Waals surface area contributed by atoms with Crippen LogP contribution in [-0.2, 0) is 33.2 Å². The summed E-state index contributed by atoms with van der Waals surface area (Å²) in [7, 11) is 0. The Morgan fingerprint density at radius 2 is 1.44 bits per heavy atom.